The summed E-state index contributed by atoms with van der Waals surface area (Å²) in [4.78, 5) is 0. The minimum absolute atomic E-state index is 0.576. The monoisotopic (exact) mass is 177 g/mol. The highest BCUT2D eigenvalue weighted by atomic mass is 14.9. The zero-order valence-corrected chi connectivity index (χ0v) is 8.80. The van der Waals surface area contributed by atoms with Gasteiger partial charge < -0.3 is 5.32 Å². The van der Waals surface area contributed by atoms with Gasteiger partial charge in [0, 0.05) is 6.04 Å². The normalized spacial score (nSPS) is 12.8. The Hall–Kier alpha value is -0.820. The van der Waals surface area contributed by atoms with Gasteiger partial charge in [-0.15, -0.1) is 0 Å². The minimum Gasteiger partial charge on any atom is -0.314 e. The van der Waals surface area contributed by atoms with Crippen LogP contribution in [0, 0.1) is 6.92 Å². The molecule has 0 bridgehead atoms. The molecular formula is C12H19N. The van der Waals surface area contributed by atoms with Crippen LogP contribution in [0.3, 0.4) is 0 Å². The molecule has 0 heterocycles. The van der Waals surface area contributed by atoms with Crippen molar-refractivity contribution in [3.05, 3.63) is 35.4 Å². The summed E-state index contributed by atoms with van der Waals surface area (Å²) < 4.78 is 0. The summed E-state index contributed by atoms with van der Waals surface area (Å²) in [7, 11) is 0. The second kappa shape index (κ2) is 5.03. The van der Waals surface area contributed by atoms with Crippen molar-refractivity contribution in [2.75, 3.05) is 6.54 Å². The summed E-state index contributed by atoms with van der Waals surface area (Å²) in [6, 6.07) is 9.30. The molecule has 1 heteroatoms. The summed E-state index contributed by atoms with van der Waals surface area (Å²) in [5.41, 5.74) is 2.77. The van der Waals surface area contributed by atoms with Crippen molar-refractivity contribution in [1.29, 1.82) is 0 Å². The second-order valence-electron chi connectivity index (χ2n) is 3.65. The molecule has 0 aliphatic heterocycles. The van der Waals surface area contributed by atoms with Crippen molar-refractivity contribution in [1.82, 2.24) is 5.32 Å². The molecule has 1 atom stereocenters. The molecule has 1 aromatic carbocycles. The van der Waals surface area contributed by atoms with Crippen LogP contribution in [-0.4, -0.2) is 12.6 Å². The van der Waals surface area contributed by atoms with Crippen molar-refractivity contribution in [2.24, 2.45) is 0 Å². The molecule has 0 radical (unpaired) electrons. The van der Waals surface area contributed by atoms with Crippen LogP contribution in [0.5, 0.6) is 0 Å². The summed E-state index contributed by atoms with van der Waals surface area (Å²) in [6.07, 6.45) is 1.12. The van der Waals surface area contributed by atoms with Crippen LogP contribution in [0.1, 0.15) is 25.0 Å². The largest absolute Gasteiger partial charge is 0.314 e. The molecule has 0 fully saturated rings. The molecule has 1 nitrogen and oxygen atoms in total. The van der Waals surface area contributed by atoms with Gasteiger partial charge in [0.15, 0.2) is 0 Å². The van der Waals surface area contributed by atoms with Gasteiger partial charge in [0.1, 0.15) is 0 Å². The van der Waals surface area contributed by atoms with Gasteiger partial charge in [0.25, 0.3) is 0 Å². The molecular weight excluding hydrogens is 158 g/mol. The van der Waals surface area contributed by atoms with E-state index in [0.29, 0.717) is 6.04 Å². The lowest BCUT2D eigenvalue weighted by molar-refractivity contribution is 0.565. The smallest absolute Gasteiger partial charge is 0.00790 e. The maximum atomic E-state index is 3.41. The molecule has 0 spiro atoms. The highest BCUT2D eigenvalue weighted by Gasteiger charge is 2.00. The third kappa shape index (κ3) is 3.60. The van der Waals surface area contributed by atoms with Crippen LogP contribution in [-0.2, 0) is 6.42 Å². The van der Waals surface area contributed by atoms with E-state index in [9.17, 15) is 0 Å². The summed E-state index contributed by atoms with van der Waals surface area (Å²) >= 11 is 0. The molecule has 72 valence electrons. The topological polar surface area (TPSA) is 12.0 Å². The summed E-state index contributed by atoms with van der Waals surface area (Å²) in [5, 5.41) is 3.41. The third-order valence-corrected chi connectivity index (χ3v) is 2.18. The number of nitrogens with one attached hydrogen (secondary N) is 1. The van der Waals surface area contributed by atoms with Gasteiger partial charge in [0.2, 0.25) is 0 Å². The van der Waals surface area contributed by atoms with E-state index in [1.54, 1.807) is 0 Å². The number of rotatable bonds is 4. The van der Waals surface area contributed by atoms with E-state index in [-0.39, 0.29) is 0 Å². The Bertz CT molecular complexity index is 255. The van der Waals surface area contributed by atoms with E-state index in [2.05, 4.69) is 50.4 Å². The van der Waals surface area contributed by atoms with Crippen LogP contribution in [0.15, 0.2) is 24.3 Å². The average molecular weight is 177 g/mol. The van der Waals surface area contributed by atoms with Crippen molar-refractivity contribution in [3.63, 3.8) is 0 Å². The number of benzene rings is 1. The zero-order valence-electron chi connectivity index (χ0n) is 8.80. The fourth-order valence-electron chi connectivity index (χ4n) is 1.61. The fraction of sp³-hybridized carbons (Fsp3) is 0.500. The van der Waals surface area contributed by atoms with E-state index in [4.69, 9.17) is 0 Å². The quantitative estimate of drug-likeness (QED) is 0.745. The Labute approximate surface area is 81.2 Å². The van der Waals surface area contributed by atoms with Crippen LogP contribution in [0.2, 0.25) is 0 Å². The number of likely N-dealkylation sites (N-methyl/N-ethyl adjacent to an activating group) is 1. The number of aryl methyl sites for hydroxylation is 1. The summed E-state index contributed by atoms with van der Waals surface area (Å²) in [5.74, 6) is 0. The highest BCUT2D eigenvalue weighted by Crippen LogP contribution is 2.06. The van der Waals surface area contributed by atoms with E-state index in [1.807, 2.05) is 0 Å². The maximum Gasteiger partial charge on any atom is 0.00790 e. The van der Waals surface area contributed by atoms with Crippen LogP contribution < -0.4 is 5.32 Å². The molecule has 13 heavy (non-hydrogen) atoms. The van der Waals surface area contributed by atoms with Crippen LogP contribution in [0.25, 0.3) is 0 Å². The Morgan fingerprint density at radius 3 is 2.77 bits per heavy atom. The van der Waals surface area contributed by atoms with Crippen LogP contribution >= 0.6 is 0 Å². The average Bonchev–Trinajstić information content (AvgIpc) is 2.04. The van der Waals surface area contributed by atoms with Gasteiger partial charge in [-0.05, 0) is 32.4 Å². The van der Waals surface area contributed by atoms with Gasteiger partial charge in [-0.1, -0.05) is 36.8 Å². The predicted molar refractivity (Wildman–Crippen MR) is 58.0 cm³/mol. The van der Waals surface area contributed by atoms with E-state index < -0.39 is 0 Å². The standard InChI is InChI=1S/C12H19N/c1-4-13-11(3)9-12-7-5-6-10(2)8-12/h5-8,11,13H,4,9H2,1-3H3. The summed E-state index contributed by atoms with van der Waals surface area (Å²) in [6.45, 7) is 7.56. The lowest BCUT2D eigenvalue weighted by Gasteiger charge is -2.12. The second-order valence-corrected chi connectivity index (χ2v) is 3.65. The molecule has 1 unspecified atom stereocenters. The van der Waals surface area contributed by atoms with Gasteiger partial charge in [-0.25, -0.2) is 0 Å². The number of hydrogen-bond donors (Lipinski definition) is 1. The first kappa shape index (κ1) is 10.3. The Morgan fingerprint density at radius 1 is 1.38 bits per heavy atom. The van der Waals surface area contributed by atoms with Crippen molar-refractivity contribution in [2.45, 2.75) is 33.2 Å². The van der Waals surface area contributed by atoms with Gasteiger partial charge >= 0.3 is 0 Å². The molecule has 0 aromatic heterocycles. The Kier molecular flexibility index (Phi) is 3.97. The first-order valence-corrected chi connectivity index (χ1v) is 5.01. The zero-order chi connectivity index (χ0) is 9.68. The number of hydrogen-bond acceptors (Lipinski definition) is 1. The van der Waals surface area contributed by atoms with E-state index >= 15 is 0 Å². The first-order chi connectivity index (χ1) is 6.22. The molecule has 1 aromatic rings. The van der Waals surface area contributed by atoms with Gasteiger partial charge in [-0.3, -0.25) is 0 Å². The van der Waals surface area contributed by atoms with Crippen molar-refractivity contribution < 1.29 is 0 Å². The van der Waals surface area contributed by atoms with Crippen molar-refractivity contribution >= 4 is 0 Å². The highest BCUT2D eigenvalue weighted by molar-refractivity contribution is 5.22. The SMILES string of the molecule is CCNC(C)Cc1cccc(C)c1. The predicted octanol–water partition coefficient (Wildman–Crippen LogP) is 2.54. The molecule has 1 rings (SSSR count). The molecule has 1 N–H and O–H groups in total. The molecule has 0 aliphatic carbocycles. The Morgan fingerprint density at radius 2 is 2.15 bits per heavy atom. The van der Waals surface area contributed by atoms with Crippen molar-refractivity contribution in [3.8, 4) is 0 Å². The minimum atomic E-state index is 0.576. The lowest BCUT2D eigenvalue weighted by atomic mass is 10.1. The fourth-order valence-corrected chi connectivity index (χ4v) is 1.61. The molecule has 0 saturated heterocycles. The lowest BCUT2D eigenvalue weighted by Crippen LogP contribution is -2.27. The van der Waals surface area contributed by atoms with Gasteiger partial charge in [0.05, 0.1) is 0 Å². The first-order valence-electron chi connectivity index (χ1n) is 5.01. The maximum absolute atomic E-state index is 3.41. The molecule has 0 amide bonds. The van der Waals surface area contributed by atoms with E-state index in [1.165, 1.54) is 11.1 Å². The molecule has 0 aliphatic rings. The van der Waals surface area contributed by atoms with E-state index in [0.717, 1.165) is 13.0 Å². The molecule has 0 saturated carbocycles. The van der Waals surface area contributed by atoms with Crippen LogP contribution in [0.4, 0.5) is 0 Å². The third-order valence-electron chi connectivity index (χ3n) is 2.18. The Balaban J connectivity index is 2.53. The van der Waals surface area contributed by atoms with Gasteiger partial charge in [-0.2, -0.15) is 0 Å².